The Balaban J connectivity index is 1.93. The maximum Gasteiger partial charge on any atom is 0.315 e. The average Bonchev–Trinajstić information content (AvgIpc) is 2.45. The number of hydrogen-bond donors (Lipinski definition) is 0. The van der Waals surface area contributed by atoms with Crippen LogP contribution in [-0.2, 0) is 9.22 Å². The Hall–Kier alpha value is -1.55. The first-order valence-electron chi connectivity index (χ1n) is 8.80. The van der Waals surface area contributed by atoms with Crippen LogP contribution in [0.3, 0.4) is 0 Å². The predicted molar refractivity (Wildman–Crippen MR) is 98.5 cm³/mol. The molecule has 1 heterocycles. The molecule has 0 saturated heterocycles. The van der Waals surface area contributed by atoms with Gasteiger partial charge in [0.05, 0.1) is 11.7 Å². The normalized spacial score (nSPS) is 26.8. The van der Waals surface area contributed by atoms with Crippen molar-refractivity contribution in [3.63, 3.8) is 0 Å². The van der Waals surface area contributed by atoms with Crippen LogP contribution in [0.15, 0.2) is 36.1 Å². The summed E-state index contributed by atoms with van der Waals surface area (Å²) in [6.45, 7) is 13.4. The van der Waals surface area contributed by atoms with E-state index in [1.165, 1.54) is 0 Å². The summed E-state index contributed by atoms with van der Waals surface area (Å²) in [5, 5.41) is 0.164. The highest BCUT2D eigenvalue weighted by atomic mass is 28.4. The van der Waals surface area contributed by atoms with E-state index in [1.807, 2.05) is 18.2 Å². The fourth-order valence-electron chi connectivity index (χ4n) is 3.47. The minimum atomic E-state index is -1.87. The van der Waals surface area contributed by atoms with Gasteiger partial charge < -0.3 is 9.16 Å². The van der Waals surface area contributed by atoms with Crippen LogP contribution < -0.4 is 4.74 Å². The van der Waals surface area contributed by atoms with Gasteiger partial charge in [0.25, 0.3) is 0 Å². The van der Waals surface area contributed by atoms with Gasteiger partial charge in [-0.2, -0.15) is 0 Å². The SMILES string of the molecule is CC1C=C(O[Si](C)(C)C(C)(C)C)CC2c3ccccc3OC(=O)C12. The lowest BCUT2D eigenvalue weighted by atomic mass is 9.71. The minimum Gasteiger partial charge on any atom is -0.547 e. The Morgan fingerprint density at radius 3 is 2.54 bits per heavy atom. The first-order valence-corrected chi connectivity index (χ1v) is 11.7. The summed E-state index contributed by atoms with van der Waals surface area (Å²) in [7, 11) is -1.87. The maximum absolute atomic E-state index is 12.5. The van der Waals surface area contributed by atoms with Crippen LogP contribution in [0.2, 0.25) is 18.1 Å². The second-order valence-electron chi connectivity index (χ2n) is 8.65. The molecule has 0 aromatic heterocycles. The third-order valence-electron chi connectivity index (χ3n) is 5.86. The van der Waals surface area contributed by atoms with E-state index in [9.17, 15) is 4.79 Å². The summed E-state index contributed by atoms with van der Waals surface area (Å²) in [5.41, 5.74) is 1.14. The van der Waals surface area contributed by atoms with Gasteiger partial charge >= 0.3 is 5.97 Å². The minimum absolute atomic E-state index is 0.103. The largest absolute Gasteiger partial charge is 0.547 e. The molecule has 0 fully saturated rings. The fraction of sp³-hybridized carbons (Fsp3) is 0.550. The number of carbonyl (C=O) groups excluding carboxylic acids is 1. The van der Waals surface area contributed by atoms with Crippen molar-refractivity contribution in [2.75, 3.05) is 0 Å². The molecule has 4 heteroatoms. The molecule has 3 unspecified atom stereocenters. The highest BCUT2D eigenvalue weighted by Crippen LogP contribution is 2.49. The van der Waals surface area contributed by atoms with Gasteiger partial charge in [0, 0.05) is 12.3 Å². The number of benzene rings is 1. The van der Waals surface area contributed by atoms with Crippen LogP contribution in [0.4, 0.5) is 0 Å². The lowest BCUT2D eigenvalue weighted by Gasteiger charge is -2.42. The molecule has 0 saturated carbocycles. The first-order chi connectivity index (χ1) is 11.1. The van der Waals surface area contributed by atoms with Crippen molar-refractivity contribution in [1.82, 2.24) is 0 Å². The Labute approximate surface area is 146 Å². The zero-order chi connectivity index (χ0) is 17.7. The molecule has 3 rings (SSSR count). The molecule has 24 heavy (non-hydrogen) atoms. The van der Waals surface area contributed by atoms with E-state index in [0.29, 0.717) is 5.75 Å². The van der Waals surface area contributed by atoms with E-state index in [4.69, 9.17) is 9.16 Å². The third kappa shape index (κ3) is 2.92. The van der Waals surface area contributed by atoms with Gasteiger partial charge in [0.15, 0.2) is 0 Å². The summed E-state index contributed by atoms with van der Waals surface area (Å²) in [5.74, 6) is 1.84. The monoisotopic (exact) mass is 344 g/mol. The van der Waals surface area contributed by atoms with E-state index in [-0.39, 0.29) is 28.8 Å². The molecule has 1 aromatic carbocycles. The lowest BCUT2D eigenvalue weighted by molar-refractivity contribution is -0.143. The van der Waals surface area contributed by atoms with Crippen molar-refractivity contribution < 1.29 is 14.0 Å². The molecule has 1 aliphatic carbocycles. The summed E-state index contributed by atoms with van der Waals surface area (Å²) >= 11 is 0. The quantitative estimate of drug-likeness (QED) is 0.417. The number of ether oxygens (including phenoxy) is 1. The van der Waals surface area contributed by atoms with Crippen molar-refractivity contribution in [3.05, 3.63) is 41.7 Å². The van der Waals surface area contributed by atoms with E-state index in [2.05, 4.69) is 52.9 Å². The molecule has 0 bridgehead atoms. The van der Waals surface area contributed by atoms with Gasteiger partial charge in [0.2, 0.25) is 8.32 Å². The summed E-state index contributed by atoms with van der Waals surface area (Å²) in [6, 6.07) is 7.91. The van der Waals surface area contributed by atoms with E-state index in [0.717, 1.165) is 17.7 Å². The van der Waals surface area contributed by atoms with Gasteiger partial charge in [-0.05, 0) is 41.8 Å². The molecule has 130 valence electrons. The van der Waals surface area contributed by atoms with Crippen LogP contribution >= 0.6 is 0 Å². The molecule has 0 amide bonds. The summed E-state index contributed by atoms with van der Waals surface area (Å²) < 4.78 is 12.1. The molecule has 1 aromatic rings. The molecule has 3 nitrogen and oxygen atoms in total. The van der Waals surface area contributed by atoms with Crippen LogP contribution in [0.25, 0.3) is 0 Å². The van der Waals surface area contributed by atoms with Crippen molar-refractivity contribution >= 4 is 14.3 Å². The molecule has 0 spiro atoms. The summed E-state index contributed by atoms with van der Waals surface area (Å²) in [6.07, 6.45) is 2.94. The number of fused-ring (bicyclic) bond motifs is 3. The number of para-hydroxylation sites is 1. The van der Waals surface area contributed by atoms with Crippen molar-refractivity contribution in [1.29, 1.82) is 0 Å². The van der Waals surface area contributed by atoms with Gasteiger partial charge in [-0.3, -0.25) is 4.79 Å². The zero-order valence-electron chi connectivity index (χ0n) is 15.6. The lowest BCUT2D eigenvalue weighted by Crippen LogP contribution is -2.43. The third-order valence-corrected chi connectivity index (χ3v) is 10.2. The van der Waals surface area contributed by atoms with E-state index < -0.39 is 8.32 Å². The van der Waals surface area contributed by atoms with Crippen LogP contribution in [0.5, 0.6) is 5.75 Å². The van der Waals surface area contributed by atoms with Crippen LogP contribution in [0.1, 0.15) is 45.6 Å². The van der Waals surface area contributed by atoms with Crippen LogP contribution in [-0.4, -0.2) is 14.3 Å². The highest BCUT2D eigenvalue weighted by Gasteiger charge is 2.45. The number of rotatable bonds is 2. The van der Waals surface area contributed by atoms with Crippen LogP contribution in [0, 0.1) is 11.8 Å². The van der Waals surface area contributed by atoms with Crippen molar-refractivity contribution in [2.45, 2.75) is 58.2 Å². The molecule has 1 aliphatic heterocycles. The maximum atomic E-state index is 12.5. The molecule has 0 N–H and O–H groups in total. The summed E-state index contributed by atoms with van der Waals surface area (Å²) in [4.78, 5) is 12.5. The van der Waals surface area contributed by atoms with Gasteiger partial charge in [-0.25, -0.2) is 0 Å². The molecular formula is C20H28O3Si. The number of esters is 1. The van der Waals surface area contributed by atoms with Gasteiger partial charge in [-0.1, -0.05) is 45.9 Å². The predicted octanol–water partition coefficient (Wildman–Crippen LogP) is 5.25. The number of hydrogen-bond acceptors (Lipinski definition) is 3. The van der Waals surface area contributed by atoms with Crippen molar-refractivity contribution in [3.8, 4) is 5.75 Å². The zero-order valence-corrected chi connectivity index (χ0v) is 16.6. The number of carbonyl (C=O) groups is 1. The van der Waals surface area contributed by atoms with E-state index >= 15 is 0 Å². The van der Waals surface area contributed by atoms with Gasteiger partial charge in [0.1, 0.15) is 5.75 Å². The Kier molecular flexibility index (Phi) is 4.15. The fourth-order valence-corrected chi connectivity index (χ4v) is 4.58. The topological polar surface area (TPSA) is 35.5 Å². The average molecular weight is 345 g/mol. The molecule has 0 radical (unpaired) electrons. The Morgan fingerprint density at radius 1 is 1.21 bits per heavy atom. The Morgan fingerprint density at radius 2 is 1.88 bits per heavy atom. The van der Waals surface area contributed by atoms with Gasteiger partial charge in [-0.15, -0.1) is 0 Å². The standard InChI is InChI=1S/C20H28O3Si/c1-13-11-14(23-24(5,6)20(2,3)4)12-16-15-9-7-8-10-17(15)22-19(21)18(13)16/h7-11,13,16,18H,12H2,1-6H3. The number of allylic oxidation sites excluding steroid dienone is 2. The molecule has 3 atom stereocenters. The smallest absolute Gasteiger partial charge is 0.315 e. The Bertz CT molecular complexity index is 684. The van der Waals surface area contributed by atoms with Crippen molar-refractivity contribution in [2.24, 2.45) is 11.8 Å². The molecule has 2 aliphatic rings. The molecular weight excluding hydrogens is 316 g/mol. The second-order valence-corrected chi connectivity index (χ2v) is 13.4. The second kappa shape index (κ2) is 5.76. The highest BCUT2D eigenvalue weighted by molar-refractivity contribution is 6.74. The first kappa shape index (κ1) is 17.3. The van der Waals surface area contributed by atoms with E-state index in [1.54, 1.807) is 0 Å².